The maximum Gasteiger partial charge on any atom is 0.226 e. The fourth-order valence-corrected chi connectivity index (χ4v) is 8.77. The second-order valence-electron chi connectivity index (χ2n) is 11.7. The molecule has 0 radical (unpaired) electrons. The first-order chi connectivity index (χ1) is 16.1. The number of piperidine rings is 1. The maximum absolute atomic E-state index is 14.2. The van der Waals surface area contributed by atoms with Gasteiger partial charge in [0.1, 0.15) is 5.82 Å². The molecule has 1 aliphatic heterocycles. The van der Waals surface area contributed by atoms with Gasteiger partial charge in [-0.15, -0.1) is 0 Å². The Morgan fingerprint density at radius 3 is 2.71 bits per heavy atom. The molecule has 5 rings (SSSR count). The highest BCUT2D eigenvalue weighted by atomic mass is 35.5. The van der Waals surface area contributed by atoms with Crippen LogP contribution in [0.3, 0.4) is 0 Å². The summed E-state index contributed by atoms with van der Waals surface area (Å²) in [5, 5.41) is 3.36. The molecule has 1 aromatic carbocycles. The summed E-state index contributed by atoms with van der Waals surface area (Å²) in [6, 6.07) is 4.62. The van der Waals surface area contributed by atoms with E-state index in [1.807, 2.05) is 11.9 Å². The number of rotatable bonds is 3. The summed E-state index contributed by atoms with van der Waals surface area (Å²) in [4.78, 5) is 27.8. The summed E-state index contributed by atoms with van der Waals surface area (Å²) >= 11 is 6.17. The molecular weight excluding hydrogens is 451 g/mol. The van der Waals surface area contributed by atoms with Crippen LogP contribution in [0.1, 0.15) is 71.3 Å². The Labute approximate surface area is 207 Å². The van der Waals surface area contributed by atoms with Gasteiger partial charge in [-0.3, -0.25) is 9.59 Å². The number of fused-ring (bicyclic) bond motifs is 5. The first kappa shape index (κ1) is 23.8. The number of nitrogens with zero attached hydrogens (tertiary/aromatic N) is 1. The summed E-state index contributed by atoms with van der Waals surface area (Å²) in [5.41, 5.74) is 2.96. The van der Waals surface area contributed by atoms with Crippen LogP contribution in [0.4, 0.5) is 4.39 Å². The lowest BCUT2D eigenvalue weighted by Crippen LogP contribution is -2.55. The van der Waals surface area contributed by atoms with Gasteiger partial charge >= 0.3 is 0 Å². The smallest absolute Gasteiger partial charge is 0.226 e. The molecule has 2 saturated carbocycles. The Morgan fingerprint density at radius 1 is 1.21 bits per heavy atom. The Kier molecular flexibility index (Phi) is 5.86. The zero-order valence-electron chi connectivity index (χ0n) is 20.7. The molecule has 184 valence electrons. The van der Waals surface area contributed by atoms with Gasteiger partial charge in [-0.25, -0.2) is 4.39 Å². The Morgan fingerprint density at radius 2 is 1.97 bits per heavy atom. The largest absolute Gasteiger partial charge is 0.352 e. The minimum atomic E-state index is -0.381. The van der Waals surface area contributed by atoms with E-state index in [0.29, 0.717) is 34.8 Å². The van der Waals surface area contributed by atoms with Crippen molar-refractivity contribution in [1.29, 1.82) is 0 Å². The van der Waals surface area contributed by atoms with E-state index in [2.05, 4.69) is 26.1 Å². The third-order valence-electron chi connectivity index (χ3n) is 10.1. The fraction of sp³-hybridized carbons (Fsp3) is 0.643. The van der Waals surface area contributed by atoms with E-state index in [0.717, 1.165) is 38.5 Å². The van der Waals surface area contributed by atoms with Crippen LogP contribution in [0.15, 0.2) is 29.5 Å². The number of hydrogen-bond acceptors (Lipinski definition) is 2. The molecule has 0 unspecified atom stereocenters. The molecule has 0 spiro atoms. The lowest BCUT2D eigenvalue weighted by atomic mass is 9.48. The van der Waals surface area contributed by atoms with Crippen molar-refractivity contribution in [3.8, 4) is 0 Å². The predicted octanol–water partition coefficient (Wildman–Crippen LogP) is 6.09. The van der Waals surface area contributed by atoms with Crippen molar-refractivity contribution in [3.05, 3.63) is 45.9 Å². The van der Waals surface area contributed by atoms with Crippen molar-refractivity contribution in [2.24, 2.45) is 34.5 Å². The number of benzene rings is 1. The van der Waals surface area contributed by atoms with E-state index in [9.17, 15) is 14.0 Å². The normalized spacial score (nSPS) is 37.2. The Bertz CT molecular complexity index is 1050. The van der Waals surface area contributed by atoms with Gasteiger partial charge in [-0.2, -0.15) is 0 Å². The van der Waals surface area contributed by atoms with Crippen molar-refractivity contribution in [1.82, 2.24) is 10.2 Å². The Hall–Kier alpha value is -1.88. The lowest BCUT2D eigenvalue weighted by molar-refractivity contribution is -0.138. The van der Waals surface area contributed by atoms with Crippen LogP contribution < -0.4 is 5.32 Å². The SMILES string of the molecule is CC1=C2N(C)C(=O)CC[C@]2(C)[C@H]2CC[C@]3(C)[C@@H](C(=O)NCc4c(F)cccc4Cl)CC[C@H]3[C@@H]2C1. The summed E-state index contributed by atoms with van der Waals surface area (Å²) in [5.74, 6) is 1.42. The molecule has 1 heterocycles. The summed E-state index contributed by atoms with van der Waals surface area (Å²) in [7, 11) is 1.95. The molecule has 3 aliphatic carbocycles. The minimum Gasteiger partial charge on any atom is -0.352 e. The number of nitrogens with one attached hydrogen (secondary N) is 1. The molecule has 2 amide bonds. The van der Waals surface area contributed by atoms with E-state index >= 15 is 0 Å². The van der Waals surface area contributed by atoms with Gasteiger partial charge in [0.25, 0.3) is 0 Å². The summed E-state index contributed by atoms with van der Waals surface area (Å²) < 4.78 is 14.2. The molecule has 6 heteroatoms. The molecule has 34 heavy (non-hydrogen) atoms. The monoisotopic (exact) mass is 486 g/mol. The zero-order chi connectivity index (χ0) is 24.4. The average molecular weight is 487 g/mol. The van der Waals surface area contributed by atoms with Crippen molar-refractivity contribution in [2.45, 2.75) is 72.3 Å². The lowest BCUT2D eigenvalue weighted by Gasteiger charge is -2.59. The molecule has 1 saturated heterocycles. The van der Waals surface area contributed by atoms with Crippen LogP contribution in [-0.4, -0.2) is 23.8 Å². The van der Waals surface area contributed by atoms with Crippen LogP contribution in [-0.2, 0) is 16.1 Å². The molecule has 4 aliphatic rings. The maximum atomic E-state index is 14.2. The topological polar surface area (TPSA) is 49.4 Å². The molecule has 0 bridgehead atoms. The molecule has 3 fully saturated rings. The van der Waals surface area contributed by atoms with Gasteiger partial charge in [0, 0.05) is 47.6 Å². The zero-order valence-corrected chi connectivity index (χ0v) is 21.5. The van der Waals surface area contributed by atoms with E-state index in [-0.39, 0.29) is 40.9 Å². The number of amides is 2. The number of halogens is 2. The Balaban J connectivity index is 1.37. The third-order valence-corrected chi connectivity index (χ3v) is 10.5. The van der Waals surface area contributed by atoms with Crippen LogP contribution >= 0.6 is 11.6 Å². The standard InChI is InChI=1S/C28H36ClFN2O2/c1-16-14-17-19-8-9-21(26(34)31-15-18-22(29)6-5-7-23(18)30)27(19,2)12-10-20(17)28(3)13-11-24(33)32(4)25(16)28/h5-7,17,19-21H,8-15H2,1-4H3,(H,31,34)/t17-,19-,20-,21+,27-,28+/m0/s1. The van der Waals surface area contributed by atoms with E-state index < -0.39 is 0 Å². The van der Waals surface area contributed by atoms with Crippen molar-refractivity contribution in [3.63, 3.8) is 0 Å². The van der Waals surface area contributed by atoms with Crippen LogP contribution in [0.2, 0.25) is 5.02 Å². The molecule has 1 N–H and O–H groups in total. The number of carbonyl (C=O) groups excluding carboxylic acids is 2. The van der Waals surface area contributed by atoms with Crippen LogP contribution in [0, 0.1) is 40.3 Å². The quantitative estimate of drug-likeness (QED) is 0.562. The van der Waals surface area contributed by atoms with Crippen molar-refractivity contribution < 1.29 is 14.0 Å². The number of allylic oxidation sites excluding steroid dienone is 2. The van der Waals surface area contributed by atoms with Crippen LogP contribution in [0.25, 0.3) is 0 Å². The molecule has 6 atom stereocenters. The van der Waals surface area contributed by atoms with Gasteiger partial charge in [0.05, 0.1) is 0 Å². The van der Waals surface area contributed by atoms with Gasteiger partial charge in [0.15, 0.2) is 0 Å². The van der Waals surface area contributed by atoms with Crippen LogP contribution in [0.5, 0.6) is 0 Å². The molecular formula is C28H36ClFN2O2. The summed E-state index contributed by atoms with van der Waals surface area (Å²) in [6.45, 7) is 7.03. The van der Waals surface area contributed by atoms with E-state index in [4.69, 9.17) is 11.6 Å². The first-order valence-corrected chi connectivity index (χ1v) is 13.1. The van der Waals surface area contributed by atoms with Gasteiger partial charge in [0.2, 0.25) is 11.8 Å². The fourth-order valence-electron chi connectivity index (χ4n) is 8.54. The van der Waals surface area contributed by atoms with Gasteiger partial charge < -0.3 is 10.2 Å². The highest BCUT2D eigenvalue weighted by Gasteiger charge is 2.61. The van der Waals surface area contributed by atoms with Crippen molar-refractivity contribution >= 4 is 23.4 Å². The second-order valence-corrected chi connectivity index (χ2v) is 12.1. The van der Waals surface area contributed by atoms with Gasteiger partial charge in [-0.05, 0) is 80.8 Å². The minimum absolute atomic E-state index is 0.0285. The highest BCUT2D eigenvalue weighted by molar-refractivity contribution is 6.31. The summed E-state index contributed by atoms with van der Waals surface area (Å²) in [6.07, 6.45) is 6.63. The second kappa shape index (κ2) is 8.36. The molecule has 1 aromatic rings. The van der Waals surface area contributed by atoms with E-state index in [1.54, 1.807) is 12.1 Å². The number of carbonyl (C=O) groups is 2. The van der Waals surface area contributed by atoms with Gasteiger partial charge in [-0.1, -0.05) is 37.1 Å². The van der Waals surface area contributed by atoms with E-state index in [1.165, 1.54) is 17.3 Å². The first-order valence-electron chi connectivity index (χ1n) is 12.8. The van der Waals surface area contributed by atoms with Crippen molar-refractivity contribution in [2.75, 3.05) is 7.05 Å². The predicted molar refractivity (Wildman–Crippen MR) is 131 cm³/mol. The number of hydrogen-bond donors (Lipinski definition) is 1. The third kappa shape index (κ3) is 3.44. The molecule has 0 aromatic heterocycles. The highest BCUT2D eigenvalue weighted by Crippen LogP contribution is 2.66. The number of likely N-dealkylation sites (tertiary alicyclic amines) is 1. The average Bonchev–Trinajstić information content (AvgIpc) is 3.13. The molecule has 4 nitrogen and oxygen atoms in total.